The molecule has 0 aliphatic carbocycles. The summed E-state index contributed by atoms with van der Waals surface area (Å²) in [5.74, 6) is -1.34. The number of thiol groups is 1. The van der Waals surface area contributed by atoms with Crippen LogP contribution < -0.4 is 16.4 Å². The van der Waals surface area contributed by atoms with Crippen LogP contribution in [0.4, 0.5) is 10.1 Å². The van der Waals surface area contributed by atoms with E-state index >= 15 is 0 Å². The first-order valence-corrected chi connectivity index (χ1v) is 10.2. The number of benzene rings is 3. The molecular weight excluding hydrogens is 434 g/mol. The van der Waals surface area contributed by atoms with E-state index in [2.05, 4.69) is 27.2 Å². The van der Waals surface area contributed by atoms with E-state index in [0.717, 1.165) is 15.8 Å². The summed E-state index contributed by atoms with van der Waals surface area (Å²) in [4.78, 5) is 24.8. The van der Waals surface area contributed by atoms with Crippen LogP contribution in [0.5, 0.6) is 0 Å². The predicted octanol–water partition coefficient (Wildman–Crippen LogP) is 4.71. The van der Waals surface area contributed by atoms with Gasteiger partial charge in [-0.15, -0.1) is 21.9 Å². The molecule has 158 valence electrons. The van der Waals surface area contributed by atoms with Gasteiger partial charge >= 0.3 is 0 Å². The van der Waals surface area contributed by atoms with Crippen LogP contribution in [-0.4, -0.2) is 11.8 Å². The second-order valence-electron chi connectivity index (χ2n) is 6.72. The number of anilines is 1. The standard InChI is InChI=1S/C17H15N2O3P.C6H5FS/c1-9-2-4-10(5-3-9)17(21)19-14-12-7-6-11(23)8-13(12)22-15(14)16(18)20;7-5-1-3-6(8)4-2-5/h2-8H,23H2,1H3,(H2,18,20)(H,19,21);1-4,8H. The van der Waals surface area contributed by atoms with Crippen molar-refractivity contribution in [2.45, 2.75) is 11.8 Å². The van der Waals surface area contributed by atoms with E-state index in [1.54, 1.807) is 36.4 Å². The van der Waals surface area contributed by atoms with Gasteiger partial charge in [0, 0.05) is 15.8 Å². The summed E-state index contributed by atoms with van der Waals surface area (Å²) in [7, 11) is 2.54. The van der Waals surface area contributed by atoms with Gasteiger partial charge in [0.2, 0.25) is 5.76 Å². The molecule has 4 aromatic rings. The third-order valence-electron chi connectivity index (χ3n) is 4.32. The Morgan fingerprint density at radius 2 is 1.68 bits per heavy atom. The number of nitrogens with one attached hydrogen (secondary N) is 1. The minimum absolute atomic E-state index is 0.0592. The number of hydrogen-bond acceptors (Lipinski definition) is 4. The Bertz CT molecular complexity index is 1220. The fourth-order valence-corrected chi connectivity index (χ4v) is 3.14. The largest absolute Gasteiger partial charge is 0.449 e. The Morgan fingerprint density at radius 1 is 1.03 bits per heavy atom. The van der Waals surface area contributed by atoms with Gasteiger partial charge < -0.3 is 15.5 Å². The zero-order valence-corrected chi connectivity index (χ0v) is 18.6. The van der Waals surface area contributed by atoms with Gasteiger partial charge in [0.15, 0.2) is 0 Å². The second-order valence-corrected chi connectivity index (χ2v) is 7.91. The van der Waals surface area contributed by atoms with Crippen molar-refractivity contribution >= 4 is 55.6 Å². The van der Waals surface area contributed by atoms with Crippen molar-refractivity contribution in [3.05, 3.63) is 89.4 Å². The lowest BCUT2D eigenvalue weighted by molar-refractivity contribution is 0.0977. The molecule has 0 saturated heterocycles. The molecule has 1 unspecified atom stereocenters. The van der Waals surface area contributed by atoms with Crippen LogP contribution >= 0.6 is 21.9 Å². The van der Waals surface area contributed by atoms with Crippen molar-refractivity contribution in [3.8, 4) is 0 Å². The Balaban J connectivity index is 0.000000287. The summed E-state index contributed by atoms with van der Waals surface area (Å²) >= 11 is 3.97. The van der Waals surface area contributed by atoms with E-state index in [-0.39, 0.29) is 17.5 Å². The van der Waals surface area contributed by atoms with Crippen molar-refractivity contribution in [3.63, 3.8) is 0 Å². The molecule has 8 heteroatoms. The van der Waals surface area contributed by atoms with Crippen LogP contribution in [0.3, 0.4) is 0 Å². The maximum atomic E-state index is 12.4. The maximum Gasteiger partial charge on any atom is 0.286 e. The molecule has 3 N–H and O–H groups in total. The van der Waals surface area contributed by atoms with Crippen LogP contribution in [0.2, 0.25) is 0 Å². The fourth-order valence-electron chi connectivity index (χ4n) is 2.74. The molecule has 0 aliphatic heterocycles. The third-order valence-corrected chi connectivity index (χ3v) is 4.97. The number of hydrogen-bond donors (Lipinski definition) is 3. The average molecular weight is 454 g/mol. The topological polar surface area (TPSA) is 85.3 Å². The molecule has 0 radical (unpaired) electrons. The van der Waals surface area contributed by atoms with Gasteiger partial charge in [0.05, 0.1) is 0 Å². The molecule has 0 saturated carbocycles. The van der Waals surface area contributed by atoms with Crippen molar-refractivity contribution in [2.75, 3.05) is 5.32 Å². The summed E-state index contributed by atoms with van der Waals surface area (Å²) < 4.78 is 17.5. The predicted molar refractivity (Wildman–Crippen MR) is 127 cm³/mol. The molecular formula is C23H20FN2O3PS. The molecule has 1 heterocycles. The summed E-state index contributed by atoms with van der Waals surface area (Å²) in [6.07, 6.45) is 0. The van der Waals surface area contributed by atoms with Crippen LogP contribution in [0, 0.1) is 12.7 Å². The number of nitrogens with two attached hydrogens (primary N) is 1. The molecule has 3 aromatic carbocycles. The monoisotopic (exact) mass is 454 g/mol. The normalized spacial score (nSPS) is 10.3. The minimum Gasteiger partial charge on any atom is -0.449 e. The van der Waals surface area contributed by atoms with Crippen LogP contribution in [0.25, 0.3) is 11.0 Å². The molecule has 2 amide bonds. The number of carbonyl (C=O) groups is 2. The lowest BCUT2D eigenvalue weighted by atomic mass is 10.1. The molecule has 0 bridgehead atoms. The third kappa shape index (κ3) is 5.72. The summed E-state index contributed by atoms with van der Waals surface area (Å²) in [6, 6.07) is 18.5. The van der Waals surface area contributed by atoms with E-state index in [4.69, 9.17) is 10.2 Å². The molecule has 5 nitrogen and oxygen atoms in total. The van der Waals surface area contributed by atoms with E-state index in [1.165, 1.54) is 12.1 Å². The molecule has 1 aromatic heterocycles. The fraction of sp³-hybridized carbons (Fsp3) is 0.0435. The number of furan rings is 1. The quantitative estimate of drug-likeness (QED) is 0.310. The molecule has 4 rings (SSSR count). The summed E-state index contributed by atoms with van der Waals surface area (Å²) in [5.41, 5.74) is 7.69. The average Bonchev–Trinajstić information content (AvgIpc) is 3.09. The Morgan fingerprint density at radius 3 is 2.26 bits per heavy atom. The Kier molecular flexibility index (Phi) is 7.10. The number of rotatable bonds is 3. The van der Waals surface area contributed by atoms with Crippen LogP contribution in [-0.2, 0) is 0 Å². The van der Waals surface area contributed by atoms with Crippen molar-refractivity contribution in [2.24, 2.45) is 5.73 Å². The second kappa shape index (κ2) is 9.77. The smallest absolute Gasteiger partial charge is 0.286 e. The van der Waals surface area contributed by atoms with Crippen molar-refractivity contribution < 1.29 is 18.4 Å². The van der Waals surface area contributed by atoms with Gasteiger partial charge in [-0.2, -0.15) is 0 Å². The maximum absolute atomic E-state index is 12.4. The van der Waals surface area contributed by atoms with E-state index in [0.29, 0.717) is 22.2 Å². The van der Waals surface area contributed by atoms with Gasteiger partial charge in [0.25, 0.3) is 11.8 Å². The van der Waals surface area contributed by atoms with Crippen LogP contribution in [0.1, 0.15) is 26.5 Å². The van der Waals surface area contributed by atoms with Gasteiger partial charge in [-0.25, -0.2) is 4.39 Å². The Labute approximate surface area is 186 Å². The number of aryl methyl sites for hydroxylation is 1. The molecule has 0 aliphatic rings. The summed E-state index contributed by atoms with van der Waals surface area (Å²) in [5, 5.41) is 4.26. The number of fused-ring (bicyclic) bond motifs is 1. The van der Waals surface area contributed by atoms with Crippen molar-refractivity contribution in [1.82, 2.24) is 0 Å². The first kappa shape index (κ1) is 22.5. The lowest BCUT2D eigenvalue weighted by Crippen LogP contribution is -2.17. The highest BCUT2D eigenvalue weighted by atomic mass is 32.1. The van der Waals surface area contributed by atoms with Crippen LogP contribution in [0.15, 0.2) is 76.0 Å². The molecule has 1 atom stereocenters. The molecule has 0 spiro atoms. The van der Waals surface area contributed by atoms with E-state index < -0.39 is 5.91 Å². The zero-order chi connectivity index (χ0) is 22.5. The van der Waals surface area contributed by atoms with Gasteiger partial charge in [-0.1, -0.05) is 23.8 Å². The lowest BCUT2D eigenvalue weighted by Gasteiger charge is -2.05. The minimum atomic E-state index is -0.731. The number of amides is 2. The van der Waals surface area contributed by atoms with Crippen molar-refractivity contribution in [1.29, 1.82) is 0 Å². The summed E-state index contributed by atoms with van der Waals surface area (Å²) in [6.45, 7) is 1.94. The van der Waals surface area contributed by atoms with E-state index in [9.17, 15) is 14.0 Å². The highest BCUT2D eigenvalue weighted by Crippen LogP contribution is 2.31. The molecule has 0 fully saturated rings. The van der Waals surface area contributed by atoms with E-state index in [1.807, 2.05) is 25.1 Å². The molecule has 31 heavy (non-hydrogen) atoms. The first-order chi connectivity index (χ1) is 14.7. The highest BCUT2D eigenvalue weighted by Gasteiger charge is 2.21. The number of carbonyl (C=O) groups excluding carboxylic acids is 2. The Hall–Kier alpha value is -3.15. The number of primary amides is 1. The van der Waals surface area contributed by atoms with Gasteiger partial charge in [-0.3, -0.25) is 9.59 Å². The number of halogens is 1. The highest BCUT2D eigenvalue weighted by molar-refractivity contribution is 7.80. The van der Waals surface area contributed by atoms with Gasteiger partial charge in [0.1, 0.15) is 17.1 Å². The van der Waals surface area contributed by atoms with Gasteiger partial charge in [-0.05, 0) is 60.8 Å². The zero-order valence-electron chi connectivity index (χ0n) is 16.6. The SMILES string of the molecule is Cc1ccc(C(=O)Nc2c(C(N)=O)oc3cc(P)ccc23)cc1.Fc1ccc(S)cc1. The first-order valence-electron chi connectivity index (χ1n) is 9.19.